The Morgan fingerprint density at radius 3 is 1.92 bits per heavy atom. The van der Waals surface area contributed by atoms with Crippen LogP contribution >= 0.6 is 11.8 Å². The van der Waals surface area contributed by atoms with Crippen LogP contribution in [0, 0.1) is 35.0 Å². The zero-order valence-corrected chi connectivity index (χ0v) is 13.7. The van der Waals surface area contributed by atoms with Gasteiger partial charge in [0, 0.05) is 12.2 Å². The SMILES string of the molecule is NCCC[C@H](CCCC(N)=O)CSc1c(F)c(F)c(F)c(F)c1F. The number of nitrogens with two attached hydrogens (primary N) is 2. The molecule has 0 aliphatic heterocycles. The van der Waals surface area contributed by atoms with Crippen LogP contribution in [0.15, 0.2) is 4.90 Å². The Labute approximate surface area is 141 Å². The maximum absolute atomic E-state index is 13.6. The number of primary amides is 1. The molecule has 24 heavy (non-hydrogen) atoms. The van der Waals surface area contributed by atoms with Gasteiger partial charge in [0.15, 0.2) is 23.3 Å². The molecule has 0 saturated heterocycles. The number of carbonyl (C=O) groups is 1. The van der Waals surface area contributed by atoms with Gasteiger partial charge in [-0.1, -0.05) is 0 Å². The normalized spacial score (nSPS) is 12.4. The zero-order valence-electron chi connectivity index (χ0n) is 12.9. The topological polar surface area (TPSA) is 69.1 Å². The summed E-state index contributed by atoms with van der Waals surface area (Å²) >= 11 is 0.574. The van der Waals surface area contributed by atoms with Gasteiger partial charge < -0.3 is 11.5 Å². The fourth-order valence-corrected chi connectivity index (χ4v) is 3.36. The van der Waals surface area contributed by atoms with Crippen LogP contribution in [0.25, 0.3) is 0 Å². The number of hydrogen-bond acceptors (Lipinski definition) is 3. The molecule has 1 amide bonds. The van der Waals surface area contributed by atoms with Crippen LogP contribution in [0.3, 0.4) is 0 Å². The molecule has 0 aliphatic rings. The Morgan fingerprint density at radius 2 is 1.42 bits per heavy atom. The number of halogens is 5. The molecular weight excluding hydrogens is 351 g/mol. The second-order valence-corrected chi connectivity index (χ2v) is 6.40. The van der Waals surface area contributed by atoms with Crippen molar-refractivity contribution in [2.45, 2.75) is 37.0 Å². The summed E-state index contributed by atoms with van der Waals surface area (Å²) in [6, 6.07) is 0. The molecule has 0 spiro atoms. The van der Waals surface area contributed by atoms with Crippen LogP contribution in [0.1, 0.15) is 32.1 Å². The zero-order chi connectivity index (χ0) is 18.3. The van der Waals surface area contributed by atoms with Gasteiger partial charge in [-0.05, 0) is 38.1 Å². The van der Waals surface area contributed by atoms with Gasteiger partial charge in [-0.25, -0.2) is 22.0 Å². The fourth-order valence-electron chi connectivity index (χ4n) is 2.20. The Morgan fingerprint density at radius 1 is 0.917 bits per heavy atom. The lowest BCUT2D eigenvalue weighted by atomic mass is 9.98. The number of hydrogen-bond donors (Lipinski definition) is 2. The molecule has 0 unspecified atom stereocenters. The van der Waals surface area contributed by atoms with Gasteiger partial charge >= 0.3 is 0 Å². The molecular formula is C15H19F5N2OS. The first kappa shape index (κ1) is 20.7. The van der Waals surface area contributed by atoms with Gasteiger partial charge in [-0.2, -0.15) is 0 Å². The van der Waals surface area contributed by atoms with Crippen LogP contribution < -0.4 is 11.5 Å². The number of carbonyl (C=O) groups excluding carboxylic acids is 1. The van der Waals surface area contributed by atoms with E-state index in [2.05, 4.69) is 0 Å². The van der Waals surface area contributed by atoms with Crippen LogP contribution in [0.2, 0.25) is 0 Å². The quantitative estimate of drug-likeness (QED) is 0.287. The summed E-state index contributed by atoms with van der Waals surface area (Å²) in [5, 5.41) is 0. The van der Waals surface area contributed by atoms with Crippen molar-refractivity contribution in [1.82, 2.24) is 0 Å². The third kappa shape index (κ3) is 5.62. The average Bonchev–Trinajstić information content (AvgIpc) is 2.55. The Hall–Kier alpha value is -1.35. The predicted molar refractivity (Wildman–Crippen MR) is 81.8 cm³/mol. The molecule has 136 valence electrons. The average molecular weight is 370 g/mol. The predicted octanol–water partition coefficient (Wildman–Crippen LogP) is 3.48. The fraction of sp³-hybridized carbons (Fsp3) is 0.533. The lowest BCUT2D eigenvalue weighted by Crippen LogP contribution is -2.13. The highest BCUT2D eigenvalue weighted by molar-refractivity contribution is 7.99. The van der Waals surface area contributed by atoms with Crippen molar-refractivity contribution in [3.05, 3.63) is 29.1 Å². The van der Waals surface area contributed by atoms with Crippen molar-refractivity contribution in [3.63, 3.8) is 0 Å². The number of rotatable bonds is 10. The first-order chi connectivity index (χ1) is 11.3. The Kier molecular flexibility index (Phi) is 8.47. The summed E-state index contributed by atoms with van der Waals surface area (Å²) in [6.07, 6.45) is 2.48. The molecule has 0 heterocycles. The Balaban J connectivity index is 2.80. The van der Waals surface area contributed by atoms with Crippen LogP contribution in [0.4, 0.5) is 22.0 Å². The maximum Gasteiger partial charge on any atom is 0.217 e. The van der Waals surface area contributed by atoms with E-state index in [9.17, 15) is 26.7 Å². The third-order valence-electron chi connectivity index (χ3n) is 3.48. The smallest absolute Gasteiger partial charge is 0.217 e. The standard InChI is InChI=1S/C15H19F5N2OS/c16-10-11(17)13(19)15(14(20)12(10)18)24-7-8(4-2-6-21)3-1-5-9(22)23/h8H,1-7,21H2,(H2,22,23)/t8-/m0/s1. The van der Waals surface area contributed by atoms with Crippen LogP contribution in [-0.2, 0) is 4.79 Å². The maximum atomic E-state index is 13.6. The van der Waals surface area contributed by atoms with E-state index in [-0.39, 0.29) is 18.1 Å². The van der Waals surface area contributed by atoms with E-state index in [1.807, 2.05) is 0 Å². The summed E-state index contributed by atoms with van der Waals surface area (Å²) in [5.41, 5.74) is 10.5. The monoisotopic (exact) mass is 370 g/mol. The minimum absolute atomic E-state index is 0.0760. The second kappa shape index (κ2) is 9.83. The van der Waals surface area contributed by atoms with Crippen molar-refractivity contribution >= 4 is 17.7 Å². The van der Waals surface area contributed by atoms with Crippen molar-refractivity contribution < 1.29 is 26.7 Å². The van der Waals surface area contributed by atoms with Crippen molar-refractivity contribution in [2.24, 2.45) is 17.4 Å². The van der Waals surface area contributed by atoms with E-state index in [0.29, 0.717) is 44.0 Å². The third-order valence-corrected chi connectivity index (χ3v) is 4.77. The molecule has 0 radical (unpaired) electrons. The second-order valence-electron chi connectivity index (χ2n) is 5.37. The molecule has 0 bridgehead atoms. The molecule has 4 N–H and O–H groups in total. The summed E-state index contributed by atoms with van der Waals surface area (Å²) in [6.45, 7) is 0.416. The molecule has 0 saturated carbocycles. The van der Waals surface area contributed by atoms with Gasteiger partial charge in [-0.15, -0.1) is 11.8 Å². The van der Waals surface area contributed by atoms with Crippen LogP contribution in [-0.4, -0.2) is 18.2 Å². The number of thioether (sulfide) groups is 1. The molecule has 1 aromatic carbocycles. The van der Waals surface area contributed by atoms with Gasteiger partial charge in [0.2, 0.25) is 11.7 Å². The van der Waals surface area contributed by atoms with Crippen molar-refractivity contribution in [3.8, 4) is 0 Å². The minimum atomic E-state index is -2.17. The summed E-state index contributed by atoms with van der Waals surface area (Å²) in [5.74, 6) is -10.1. The molecule has 0 aromatic heterocycles. The van der Waals surface area contributed by atoms with Gasteiger partial charge in [0.25, 0.3) is 0 Å². The van der Waals surface area contributed by atoms with E-state index in [4.69, 9.17) is 11.5 Å². The van der Waals surface area contributed by atoms with E-state index < -0.39 is 39.9 Å². The summed E-state index contributed by atoms with van der Waals surface area (Å²) in [4.78, 5) is 9.86. The van der Waals surface area contributed by atoms with Gasteiger partial charge in [-0.3, -0.25) is 4.79 Å². The molecule has 1 aromatic rings. The van der Waals surface area contributed by atoms with E-state index in [1.165, 1.54) is 0 Å². The van der Waals surface area contributed by atoms with Gasteiger partial charge in [0.05, 0.1) is 4.90 Å². The van der Waals surface area contributed by atoms with Gasteiger partial charge in [0.1, 0.15) is 0 Å². The number of amides is 1. The van der Waals surface area contributed by atoms with Crippen molar-refractivity contribution in [1.29, 1.82) is 0 Å². The van der Waals surface area contributed by atoms with E-state index in [0.717, 1.165) is 0 Å². The largest absolute Gasteiger partial charge is 0.370 e. The Bertz CT molecular complexity index is 556. The molecule has 9 heteroatoms. The summed E-state index contributed by atoms with van der Waals surface area (Å²) in [7, 11) is 0. The molecule has 0 aliphatic carbocycles. The minimum Gasteiger partial charge on any atom is -0.370 e. The summed E-state index contributed by atoms with van der Waals surface area (Å²) < 4.78 is 66.6. The highest BCUT2D eigenvalue weighted by Crippen LogP contribution is 2.33. The molecule has 3 nitrogen and oxygen atoms in total. The van der Waals surface area contributed by atoms with Crippen molar-refractivity contribution in [2.75, 3.05) is 12.3 Å². The molecule has 0 fully saturated rings. The van der Waals surface area contributed by atoms with E-state index >= 15 is 0 Å². The molecule has 1 rings (SSSR count). The lowest BCUT2D eigenvalue weighted by Gasteiger charge is -2.16. The first-order valence-corrected chi connectivity index (χ1v) is 8.40. The molecule has 1 atom stereocenters. The number of benzene rings is 1. The lowest BCUT2D eigenvalue weighted by molar-refractivity contribution is -0.118. The highest BCUT2D eigenvalue weighted by atomic mass is 32.2. The first-order valence-electron chi connectivity index (χ1n) is 7.42. The van der Waals surface area contributed by atoms with E-state index in [1.54, 1.807) is 0 Å². The van der Waals surface area contributed by atoms with Crippen LogP contribution in [0.5, 0.6) is 0 Å². The highest BCUT2D eigenvalue weighted by Gasteiger charge is 2.26.